The standard InChI is InChI=1S/C20H30N4O4/c1-5-14(4)18(19(21)25)22-20(26)15-6-7-16(17(9-15)24(27)28)23-10-12(2)8-13(3)11-23/h6-7,9,12-14,18H,5,8,10-11H2,1-4H3,(H2,21,25)(H,22,26). The molecule has 4 unspecified atom stereocenters. The molecule has 3 N–H and O–H groups in total. The summed E-state index contributed by atoms with van der Waals surface area (Å²) < 4.78 is 0. The van der Waals surface area contributed by atoms with Crippen molar-refractivity contribution in [1.82, 2.24) is 5.32 Å². The number of nitrogens with zero attached hydrogens (tertiary/aromatic N) is 2. The number of nitrogens with one attached hydrogen (secondary N) is 1. The van der Waals surface area contributed by atoms with E-state index in [1.807, 2.05) is 18.7 Å². The van der Waals surface area contributed by atoms with E-state index in [0.29, 0.717) is 23.9 Å². The van der Waals surface area contributed by atoms with Gasteiger partial charge in [-0.05, 0) is 36.3 Å². The van der Waals surface area contributed by atoms with Crippen LogP contribution in [-0.4, -0.2) is 35.9 Å². The number of nitro benzene ring substituents is 1. The van der Waals surface area contributed by atoms with Crippen LogP contribution in [0.5, 0.6) is 0 Å². The molecule has 1 aromatic carbocycles. The maximum absolute atomic E-state index is 12.6. The van der Waals surface area contributed by atoms with Crippen LogP contribution in [0.3, 0.4) is 0 Å². The summed E-state index contributed by atoms with van der Waals surface area (Å²) in [5, 5.41) is 14.3. The van der Waals surface area contributed by atoms with Crippen molar-refractivity contribution < 1.29 is 14.5 Å². The van der Waals surface area contributed by atoms with Crippen LogP contribution >= 0.6 is 0 Å². The first-order valence-corrected chi connectivity index (χ1v) is 9.77. The van der Waals surface area contributed by atoms with Gasteiger partial charge >= 0.3 is 0 Å². The molecular weight excluding hydrogens is 360 g/mol. The van der Waals surface area contributed by atoms with Gasteiger partial charge in [-0.25, -0.2) is 0 Å². The number of nitrogens with two attached hydrogens (primary N) is 1. The van der Waals surface area contributed by atoms with Crippen LogP contribution in [0.2, 0.25) is 0 Å². The van der Waals surface area contributed by atoms with Crippen LogP contribution < -0.4 is 16.0 Å². The van der Waals surface area contributed by atoms with E-state index in [9.17, 15) is 19.7 Å². The van der Waals surface area contributed by atoms with Gasteiger partial charge in [-0.3, -0.25) is 19.7 Å². The summed E-state index contributed by atoms with van der Waals surface area (Å²) in [6.07, 6.45) is 1.76. The van der Waals surface area contributed by atoms with E-state index < -0.39 is 22.8 Å². The van der Waals surface area contributed by atoms with Gasteiger partial charge in [-0.2, -0.15) is 0 Å². The molecule has 2 rings (SSSR count). The van der Waals surface area contributed by atoms with Gasteiger partial charge in [0.15, 0.2) is 0 Å². The van der Waals surface area contributed by atoms with E-state index in [0.717, 1.165) is 19.5 Å². The van der Waals surface area contributed by atoms with Crippen LogP contribution in [0, 0.1) is 27.9 Å². The Kier molecular flexibility index (Phi) is 6.99. The Morgan fingerprint density at radius 3 is 2.43 bits per heavy atom. The number of piperidine rings is 1. The van der Waals surface area contributed by atoms with Gasteiger partial charge in [0, 0.05) is 24.7 Å². The van der Waals surface area contributed by atoms with Gasteiger partial charge in [0.2, 0.25) is 5.91 Å². The van der Waals surface area contributed by atoms with Crippen LogP contribution in [0.1, 0.15) is 50.9 Å². The Morgan fingerprint density at radius 1 is 1.32 bits per heavy atom. The SMILES string of the molecule is CCC(C)C(NC(=O)c1ccc(N2CC(C)CC(C)C2)c([N+](=O)[O-])c1)C(N)=O. The third-order valence-electron chi connectivity index (χ3n) is 5.45. The number of rotatable bonds is 7. The number of amides is 2. The van der Waals surface area contributed by atoms with Gasteiger partial charge in [-0.1, -0.05) is 34.1 Å². The monoisotopic (exact) mass is 390 g/mol. The van der Waals surface area contributed by atoms with Crippen molar-refractivity contribution in [2.45, 2.75) is 46.6 Å². The molecular formula is C20H30N4O4. The predicted octanol–water partition coefficient (Wildman–Crippen LogP) is 2.71. The van der Waals surface area contributed by atoms with E-state index in [2.05, 4.69) is 19.2 Å². The fraction of sp³-hybridized carbons (Fsp3) is 0.600. The third-order valence-corrected chi connectivity index (χ3v) is 5.45. The average Bonchev–Trinajstić information content (AvgIpc) is 2.63. The molecule has 0 radical (unpaired) electrons. The van der Waals surface area contributed by atoms with Crippen molar-refractivity contribution in [3.05, 3.63) is 33.9 Å². The molecule has 0 spiro atoms. The lowest BCUT2D eigenvalue weighted by Gasteiger charge is -2.36. The Morgan fingerprint density at radius 2 is 1.93 bits per heavy atom. The smallest absolute Gasteiger partial charge is 0.293 e. The summed E-state index contributed by atoms with van der Waals surface area (Å²) in [7, 11) is 0. The molecule has 0 aliphatic carbocycles. The van der Waals surface area contributed by atoms with Crippen LogP contribution in [0.15, 0.2) is 18.2 Å². The summed E-state index contributed by atoms with van der Waals surface area (Å²) in [5.41, 5.74) is 5.96. The Hall–Kier alpha value is -2.64. The molecule has 8 nitrogen and oxygen atoms in total. The molecule has 2 amide bonds. The van der Waals surface area contributed by atoms with E-state index in [1.165, 1.54) is 6.07 Å². The van der Waals surface area contributed by atoms with E-state index >= 15 is 0 Å². The second-order valence-electron chi connectivity index (χ2n) is 8.05. The van der Waals surface area contributed by atoms with Gasteiger partial charge in [-0.15, -0.1) is 0 Å². The van der Waals surface area contributed by atoms with Gasteiger partial charge < -0.3 is 16.0 Å². The maximum atomic E-state index is 12.6. The Bertz CT molecular complexity index is 742. The Balaban J connectivity index is 2.30. The number of carbonyl (C=O) groups excluding carboxylic acids is 2. The first-order valence-electron chi connectivity index (χ1n) is 9.77. The molecule has 1 heterocycles. The number of primary amides is 1. The number of hydrogen-bond acceptors (Lipinski definition) is 5. The summed E-state index contributed by atoms with van der Waals surface area (Å²) in [5.74, 6) is -0.410. The van der Waals surface area contributed by atoms with Gasteiger partial charge in [0.1, 0.15) is 11.7 Å². The first-order chi connectivity index (χ1) is 13.1. The van der Waals surface area contributed by atoms with Gasteiger partial charge in [0.05, 0.1) is 4.92 Å². The molecule has 0 saturated carbocycles. The highest BCUT2D eigenvalue weighted by Gasteiger charge is 2.29. The lowest BCUT2D eigenvalue weighted by atomic mass is 9.91. The van der Waals surface area contributed by atoms with Crippen molar-refractivity contribution in [1.29, 1.82) is 0 Å². The summed E-state index contributed by atoms with van der Waals surface area (Å²) in [6.45, 7) is 9.47. The zero-order valence-electron chi connectivity index (χ0n) is 17.0. The summed E-state index contributed by atoms with van der Waals surface area (Å²) in [6, 6.07) is 3.65. The molecule has 0 bridgehead atoms. The molecule has 1 saturated heterocycles. The molecule has 0 aromatic heterocycles. The van der Waals surface area contributed by atoms with E-state index in [1.54, 1.807) is 12.1 Å². The maximum Gasteiger partial charge on any atom is 0.293 e. The van der Waals surface area contributed by atoms with E-state index in [4.69, 9.17) is 5.73 Å². The van der Waals surface area contributed by atoms with Crippen molar-refractivity contribution >= 4 is 23.2 Å². The largest absolute Gasteiger partial charge is 0.368 e. The highest BCUT2D eigenvalue weighted by Crippen LogP contribution is 2.33. The summed E-state index contributed by atoms with van der Waals surface area (Å²) in [4.78, 5) is 37.5. The van der Waals surface area contributed by atoms with Gasteiger partial charge in [0.25, 0.3) is 11.6 Å². The van der Waals surface area contributed by atoms with Crippen molar-refractivity contribution in [2.75, 3.05) is 18.0 Å². The third kappa shape index (κ3) is 4.99. The minimum absolute atomic E-state index is 0.104. The molecule has 1 aliphatic rings. The highest BCUT2D eigenvalue weighted by molar-refractivity contribution is 5.98. The fourth-order valence-corrected chi connectivity index (χ4v) is 3.89. The molecule has 1 aromatic rings. The van der Waals surface area contributed by atoms with Crippen LogP contribution in [0.25, 0.3) is 0 Å². The number of hydrogen-bond donors (Lipinski definition) is 2. The molecule has 154 valence electrons. The van der Waals surface area contributed by atoms with Crippen molar-refractivity contribution in [3.63, 3.8) is 0 Å². The molecule has 28 heavy (non-hydrogen) atoms. The van der Waals surface area contributed by atoms with E-state index in [-0.39, 0.29) is 17.2 Å². The normalized spacial score (nSPS) is 21.6. The number of benzene rings is 1. The average molecular weight is 390 g/mol. The summed E-state index contributed by atoms with van der Waals surface area (Å²) >= 11 is 0. The molecule has 4 atom stereocenters. The number of anilines is 1. The second kappa shape index (κ2) is 9.03. The van der Waals surface area contributed by atoms with Crippen molar-refractivity contribution in [2.24, 2.45) is 23.5 Å². The number of carbonyl (C=O) groups is 2. The topological polar surface area (TPSA) is 119 Å². The minimum atomic E-state index is -0.819. The number of nitro groups is 1. The van der Waals surface area contributed by atoms with Crippen LogP contribution in [-0.2, 0) is 4.79 Å². The predicted molar refractivity (Wildman–Crippen MR) is 108 cm³/mol. The highest BCUT2D eigenvalue weighted by atomic mass is 16.6. The zero-order chi connectivity index (χ0) is 21.0. The second-order valence-corrected chi connectivity index (χ2v) is 8.05. The minimum Gasteiger partial charge on any atom is -0.368 e. The molecule has 8 heteroatoms. The van der Waals surface area contributed by atoms with Crippen molar-refractivity contribution in [3.8, 4) is 0 Å². The fourth-order valence-electron chi connectivity index (χ4n) is 3.89. The quantitative estimate of drug-likeness (QED) is 0.548. The Labute approximate surface area is 165 Å². The van der Waals surface area contributed by atoms with Crippen LogP contribution in [0.4, 0.5) is 11.4 Å². The molecule has 1 aliphatic heterocycles. The first kappa shape index (κ1) is 21.7. The lowest BCUT2D eigenvalue weighted by molar-refractivity contribution is -0.384. The zero-order valence-corrected chi connectivity index (χ0v) is 17.0. The lowest BCUT2D eigenvalue weighted by Crippen LogP contribution is -2.48. The molecule has 1 fully saturated rings.